The normalized spacial score (nSPS) is 19.2. The molecule has 0 unspecified atom stereocenters. The predicted octanol–water partition coefficient (Wildman–Crippen LogP) is 3.97. The van der Waals surface area contributed by atoms with E-state index in [-0.39, 0.29) is 23.8 Å². The zero-order valence-corrected chi connectivity index (χ0v) is 20.6. The van der Waals surface area contributed by atoms with E-state index in [2.05, 4.69) is 10.6 Å². The van der Waals surface area contributed by atoms with Crippen LogP contribution in [-0.2, 0) is 4.79 Å². The van der Waals surface area contributed by atoms with Crippen molar-refractivity contribution in [2.45, 2.75) is 51.6 Å². The van der Waals surface area contributed by atoms with E-state index in [1.54, 1.807) is 30.3 Å². The highest BCUT2D eigenvalue weighted by Gasteiger charge is 2.27. The summed E-state index contributed by atoms with van der Waals surface area (Å²) in [5, 5.41) is 14.7. The van der Waals surface area contributed by atoms with E-state index in [0.29, 0.717) is 61.6 Å². The van der Waals surface area contributed by atoms with Gasteiger partial charge in [0.25, 0.3) is 11.8 Å². The zero-order valence-electron chi connectivity index (χ0n) is 20.6. The third-order valence-corrected chi connectivity index (χ3v) is 6.75. The van der Waals surface area contributed by atoms with Crippen molar-refractivity contribution in [2.75, 3.05) is 19.7 Å². The van der Waals surface area contributed by atoms with Crippen LogP contribution in [0.2, 0.25) is 0 Å². The molecule has 0 saturated heterocycles. The van der Waals surface area contributed by atoms with Crippen molar-refractivity contribution in [3.8, 4) is 11.5 Å². The quantitative estimate of drug-likeness (QED) is 0.408. The number of nitrogens with one attached hydrogen (secondary N) is 2. The van der Waals surface area contributed by atoms with Gasteiger partial charge in [-0.15, -0.1) is 0 Å². The molecule has 192 valence electrons. The van der Waals surface area contributed by atoms with Gasteiger partial charge < -0.3 is 25.2 Å². The molecule has 8 nitrogen and oxygen atoms in total. The van der Waals surface area contributed by atoms with Gasteiger partial charge in [0.15, 0.2) is 0 Å². The van der Waals surface area contributed by atoms with Gasteiger partial charge in [-0.05, 0) is 99.4 Å². The van der Waals surface area contributed by atoms with Crippen LogP contribution in [0, 0.1) is 18.8 Å². The van der Waals surface area contributed by atoms with Crippen LogP contribution in [0.5, 0.6) is 11.5 Å². The fourth-order valence-electron chi connectivity index (χ4n) is 4.31. The minimum atomic E-state index is -0.735. The average Bonchev–Trinajstić information content (AvgIpc) is 3.71. The van der Waals surface area contributed by atoms with E-state index in [1.165, 1.54) is 12.8 Å². The number of benzene rings is 2. The molecular weight excluding hydrogens is 460 g/mol. The van der Waals surface area contributed by atoms with Crippen LogP contribution in [-0.4, -0.2) is 48.7 Å². The zero-order chi connectivity index (χ0) is 25.5. The van der Waals surface area contributed by atoms with Gasteiger partial charge in [0, 0.05) is 24.2 Å². The lowest BCUT2D eigenvalue weighted by molar-refractivity contribution is -0.143. The first kappa shape index (κ1) is 25.5. The summed E-state index contributed by atoms with van der Waals surface area (Å²) in [7, 11) is 0. The summed E-state index contributed by atoms with van der Waals surface area (Å²) in [4.78, 5) is 35.9. The van der Waals surface area contributed by atoms with Crippen molar-refractivity contribution in [2.24, 2.45) is 11.8 Å². The molecule has 2 amide bonds. The van der Waals surface area contributed by atoms with Crippen molar-refractivity contribution in [1.82, 2.24) is 10.6 Å². The Morgan fingerprint density at radius 2 is 1.47 bits per heavy atom. The number of hydrogen-bond acceptors (Lipinski definition) is 5. The van der Waals surface area contributed by atoms with Gasteiger partial charge in [0.05, 0.1) is 18.6 Å². The van der Waals surface area contributed by atoms with Crippen LogP contribution in [0.4, 0.5) is 0 Å². The first-order valence-electron chi connectivity index (χ1n) is 12.7. The molecule has 4 rings (SSSR count). The van der Waals surface area contributed by atoms with Crippen molar-refractivity contribution in [3.63, 3.8) is 0 Å². The molecule has 2 saturated carbocycles. The first-order chi connectivity index (χ1) is 17.4. The molecule has 2 fully saturated rings. The predicted molar refractivity (Wildman–Crippen MR) is 135 cm³/mol. The second kappa shape index (κ2) is 11.9. The maximum atomic E-state index is 12.4. The number of aliphatic carboxylic acids is 1. The molecule has 2 aromatic rings. The monoisotopic (exact) mass is 494 g/mol. The van der Waals surface area contributed by atoms with Crippen molar-refractivity contribution >= 4 is 17.8 Å². The van der Waals surface area contributed by atoms with E-state index in [0.717, 1.165) is 17.9 Å². The maximum Gasteiger partial charge on any atom is 0.306 e. The highest BCUT2D eigenvalue weighted by atomic mass is 16.5. The van der Waals surface area contributed by atoms with Gasteiger partial charge in [0.1, 0.15) is 11.5 Å². The maximum absolute atomic E-state index is 12.4. The molecule has 2 aliphatic rings. The lowest BCUT2D eigenvalue weighted by Crippen LogP contribution is -2.34. The fourth-order valence-corrected chi connectivity index (χ4v) is 4.31. The summed E-state index contributed by atoms with van der Waals surface area (Å²) in [6.07, 6.45) is 5.13. The van der Waals surface area contributed by atoms with Gasteiger partial charge >= 0.3 is 5.97 Å². The van der Waals surface area contributed by atoms with Crippen LogP contribution in [0.25, 0.3) is 0 Å². The molecule has 0 aromatic heterocycles. The number of ether oxygens (including phenoxy) is 2. The Labute approximate surface area is 211 Å². The Morgan fingerprint density at radius 3 is 2.06 bits per heavy atom. The van der Waals surface area contributed by atoms with Crippen molar-refractivity contribution in [1.29, 1.82) is 0 Å². The second-order valence-corrected chi connectivity index (χ2v) is 9.70. The van der Waals surface area contributed by atoms with Gasteiger partial charge in [-0.3, -0.25) is 14.4 Å². The Hall–Kier alpha value is -3.55. The third-order valence-electron chi connectivity index (χ3n) is 6.75. The molecule has 36 heavy (non-hydrogen) atoms. The topological polar surface area (TPSA) is 114 Å². The molecule has 0 atom stereocenters. The van der Waals surface area contributed by atoms with Crippen LogP contribution >= 0.6 is 0 Å². The Balaban J connectivity index is 1.16. The van der Waals surface area contributed by atoms with E-state index in [4.69, 9.17) is 14.6 Å². The minimum absolute atomic E-state index is 0.000793. The summed E-state index contributed by atoms with van der Waals surface area (Å²) in [5.41, 5.74) is 1.99. The molecule has 0 heterocycles. The summed E-state index contributed by atoms with van der Waals surface area (Å²) in [6, 6.07) is 12.3. The minimum Gasteiger partial charge on any atom is -0.493 e. The number of carboxylic acid groups (broad SMARTS) is 1. The van der Waals surface area contributed by atoms with Crippen LogP contribution in [0.1, 0.15) is 64.8 Å². The number of amides is 2. The summed E-state index contributed by atoms with van der Waals surface area (Å²) < 4.78 is 11.8. The molecule has 2 aliphatic carbocycles. The summed E-state index contributed by atoms with van der Waals surface area (Å²) in [5.74, 6) is 0.712. The Morgan fingerprint density at radius 1 is 0.861 bits per heavy atom. The molecular formula is C28H34N2O6. The van der Waals surface area contributed by atoms with E-state index >= 15 is 0 Å². The third kappa shape index (κ3) is 7.23. The molecule has 3 N–H and O–H groups in total. The number of aryl methyl sites for hydroxylation is 1. The highest BCUT2D eigenvalue weighted by molar-refractivity contribution is 5.95. The largest absolute Gasteiger partial charge is 0.493 e. The molecule has 0 bridgehead atoms. The second-order valence-electron chi connectivity index (χ2n) is 9.70. The molecule has 0 spiro atoms. The van der Waals surface area contributed by atoms with Gasteiger partial charge in [-0.2, -0.15) is 0 Å². The van der Waals surface area contributed by atoms with Crippen LogP contribution in [0.15, 0.2) is 42.5 Å². The number of rotatable bonds is 11. The lowest BCUT2D eigenvalue weighted by atomic mass is 9.87. The first-order valence-corrected chi connectivity index (χ1v) is 12.7. The number of hydrogen-bond donors (Lipinski definition) is 3. The summed E-state index contributed by atoms with van der Waals surface area (Å²) in [6.45, 7) is 3.28. The molecule has 8 heteroatoms. The van der Waals surface area contributed by atoms with Gasteiger partial charge in [0.2, 0.25) is 0 Å². The average molecular weight is 495 g/mol. The van der Waals surface area contributed by atoms with Gasteiger partial charge in [-0.25, -0.2) is 0 Å². The van der Waals surface area contributed by atoms with E-state index in [9.17, 15) is 14.4 Å². The van der Waals surface area contributed by atoms with Gasteiger partial charge in [-0.1, -0.05) is 0 Å². The molecule has 2 aromatic carbocycles. The Kier molecular flexibility index (Phi) is 8.46. The van der Waals surface area contributed by atoms with E-state index in [1.807, 2.05) is 19.1 Å². The smallest absolute Gasteiger partial charge is 0.306 e. The number of carboxylic acids is 1. The summed E-state index contributed by atoms with van der Waals surface area (Å²) >= 11 is 0. The van der Waals surface area contributed by atoms with Crippen molar-refractivity contribution < 1.29 is 29.0 Å². The number of carbonyl (C=O) groups is 3. The van der Waals surface area contributed by atoms with Crippen LogP contribution in [0.3, 0.4) is 0 Å². The molecule has 0 aliphatic heterocycles. The SMILES string of the molecule is Cc1cc(C(=O)NCCNC(=O)c2ccc(O[C@H]3CC[C@@H](C(=O)O)CC3)cc2)ccc1OCC1CC1. The van der Waals surface area contributed by atoms with E-state index < -0.39 is 5.97 Å². The fraction of sp³-hybridized carbons (Fsp3) is 0.464. The van der Waals surface area contributed by atoms with Crippen molar-refractivity contribution in [3.05, 3.63) is 59.2 Å². The number of carbonyl (C=O) groups excluding carboxylic acids is 2. The standard InChI is InChI=1S/C28H34N2O6/c1-18-16-22(8-13-25(18)35-17-19-2-3-19)27(32)30-15-14-29-26(31)20-4-9-23(10-5-20)36-24-11-6-21(7-12-24)28(33)34/h4-5,8-10,13,16,19,21,24H,2-3,6-7,11-12,14-15,17H2,1H3,(H,29,31)(H,30,32)(H,33,34)/t21-,24+. The van der Waals surface area contributed by atoms with Crippen LogP contribution < -0.4 is 20.1 Å². The molecule has 0 radical (unpaired) electrons. The lowest BCUT2D eigenvalue weighted by Gasteiger charge is -2.26. The Bertz CT molecular complexity index is 1070. The highest BCUT2D eigenvalue weighted by Crippen LogP contribution is 2.30.